The zero-order valence-corrected chi connectivity index (χ0v) is 11.6. The Morgan fingerprint density at radius 3 is 2.45 bits per heavy atom. The number of rotatable bonds is 4. The number of methoxy groups -OCH3 is 1. The van der Waals surface area contributed by atoms with Crippen molar-refractivity contribution in [3.8, 4) is 0 Å². The number of thiophene rings is 1. The lowest BCUT2D eigenvalue weighted by Gasteiger charge is -2.15. The number of amides is 2. The molecule has 1 heterocycles. The van der Waals surface area contributed by atoms with Crippen LogP contribution in [0.25, 0.3) is 0 Å². The lowest BCUT2D eigenvalue weighted by Crippen LogP contribution is -2.44. The number of hydrogen-bond acceptors (Lipinski definition) is 4. The van der Waals surface area contributed by atoms with Crippen LogP contribution in [0.5, 0.6) is 0 Å². The molecule has 2 N–H and O–H groups in total. The fourth-order valence-corrected chi connectivity index (χ4v) is 2.29. The molecule has 2 amide bonds. The molecule has 0 spiro atoms. The zero-order chi connectivity index (χ0) is 14.4. The average Bonchev–Trinajstić information content (AvgIpc) is 3.01. The standard InChI is InChI=1S/C14H14N2O3S/c1-19-12(10-6-3-2-4-7-10)14(18)16-15-13(17)11-8-5-9-20-11/h2-9,12H,1H3,(H,15,17)(H,16,18)/t12-/m1/s1. The first-order valence-electron chi connectivity index (χ1n) is 5.94. The molecule has 2 rings (SSSR count). The van der Waals surface area contributed by atoms with E-state index in [2.05, 4.69) is 10.9 Å². The summed E-state index contributed by atoms with van der Waals surface area (Å²) in [5, 5.41) is 1.79. The van der Waals surface area contributed by atoms with E-state index in [0.717, 1.165) is 5.56 Å². The monoisotopic (exact) mass is 290 g/mol. The highest BCUT2D eigenvalue weighted by atomic mass is 32.1. The van der Waals surface area contributed by atoms with Crippen LogP contribution in [0.4, 0.5) is 0 Å². The average molecular weight is 290 g/mol. The number of hydrogen-bond donors (Lipinski definition) is 2. The second-order valence-electron chi connectivity index (χ2n) is 3.95. The van der Waals surface area contributed by atoms with Crippen LogP contribution in [0.15, 0.2) is 47.8 Å². The molecule has 0 radical (unpaired) electrons. The highest BCUT2D eigenvalue weighted by Gasteiger charge is 2.20. The Balaban J connectivity index is 1.95. The summed E-state index contributed by atoms with van der Waals surface area (Å²) in [6, 6.07) is 12.5. The Kier molecular flexibility index (Phi) is 4.86. The predicted octanol–water partition coefficient (Wildman–Crippen LogP) is 1.90. The van der Waals surface area contributed by atoms with Crippen molar-refractivity contribution < 1.29 is 14.3 Å². The third-order valence-corrected chi connectivity index (χ3v) is 3.49. The van der Waals surface area contributed by atoms with Gasteiger partial charge in [0.15, 0.2) is 6.10 Å². The number of hydrazine groups is 1. The van der Waals surface area contributed by atoms with Gasteiger partial charge in [0.2, 0.25) is 0 Å². The van der Waals surface area contributed by atoms with Crippen molar-refractivity contribution in [3.63, 3.8) is 0 Å². The summed E-state index contributed by atoms with van der Waals surface area (Å²) >= 11 is 1.30. The van der Waals surface area contributed by atoms with E-state index in [9.17, 15) is 9.59 Å². The summed E-state index contributed by atoms with van der Waals surface area (Å²) in [6.45, 7) is 0. The number of nitrogens with one attached hydrogen (secondary N) is 2. The minimum Gasteiger partial charge on any atom is -0.367 e. The van der Waals surface area contributed by atoms with E-state index < -0.39 is 12.0 Å². The van der Waals surface area contributed by atoms with Crippen LogP contribution in [0.3, 0.4) is 0 Å². The topological polar surface area (TPSA) is 67.4 Å². The predicted molar refractivity (Wildman–Crippen MR) is 76.1 cm³/mol. The third-order valence-electron chi connectivity index (χ3n) is 2.62. The van der Waals surface area contributed by atoms with Crippen molar-refractivity contribution in [2.75, 3.05) is 7.11 Å². The Morgan fingerprint density at radius 1 is 1.10 bits per heavy atom. The second kappa shape index (κ2) is 6.83. The molecule has 0 aliphatic rings. The first kappa shape index (κ1) is 14.2. The molecule has 6 heteroatoms. The van der Waals surface area contributed by atoms with Crippen LogP contribution in [0.2, 0.25) is 0 Å². The van der Waals surface area contributed by atoms with Crippen molar-refractivity contribution >= 4 is 23.2 Å². The quantitative estimate of drug-likeness (QED) is 0.845. The molecule has 0 fully saturated rings. The van der Waals surface area contributed by atoms with Crippen LogP contribution in [-0.2, 0) is 9.53 Å². The maximum absolute atomic E-state index is 12.0. The molecule has 0 unspecified atom stereocenters. The second-order valence-corrected chi connectivity index (χ2v) is 4.89. The maximum Gasteiger partial charge on any atom is 0.279 e. The van der Waals surface area contributed by atoms with Gasteiger partial charge in [-0.1, -0.05) is 36.4 Å². The molecule has 1 aromatic carbocycles. The number of benzene rings is 1. The van der Waals surface area contributed by atoms with Crippen LogP contribution < -0.4 is 10.9 Å². The smallest absolute Gasteiger partial charge is 0.279 e. The molecule has 1 aromatic heterocycles. The van der Waals surface area contributed by atoms with Gasteiger partial charge in [-0.25, -0.2) is 0 Å². The molecule has 0 saturated carbocycles. The van der Waals surface area contributed by atoms with E-state index in [1.807, 2.05) is 18.2 Å². The number of carbonyl (C=O) groups excluding carboxylic acids is 2. The lowest BCUT2D eigenvalue weighted by atomic mass is 10.1. The molecule has 0 aliphatic heterocycles. The normalized spacial score (nSPS) is 11.7. The fraction of sp³-hybridized carbons (Fsp3) is 0.143. The van der Waals surface area contributed by atoms with Gasteiger partial charge in [-0.05, 0) is 17.0 Å². The summed E-state index contributed by atoms with van der Waals surface area (Å²) in [7, 11) is 1.44. The van der Waals surface area contributed by atoms with Gasteiger partial charge in [-0.3, -0.25) is 20.4 Å². The highest BCUT2D eigenvalue weighted by Crippen LogP contribution is 2.15. The van der Waals surface area contributed by atoms with E-state index in [4.69, 9.17) is 4.74 Å². The first-order chi connectivity index (χ1) is 9.72. The van der Waals surface area contributed by atoms with Gasteiger partial charge in [0.25, 0.3) is 11.8 Å². The van der Waals surface area contributed by atoms with Gasteiger partial charge in [-0.2, -0.15) is 0 Å². The molecular weight excluding hydrogens is 276 g/mol. The summed E-state index contributed by atoms with van der Waals surface area (Å²) in [6.07, 6.45) is -0.764. The maximum atomic E-state index is 12.0. The molecule has 20 heavy (non-hydrogen) atoms. The molecule has 0 aliphatic carbocycles. The van der Waals surface area contributed by atoms with Crippen LogP contribution in [0.1, 0.15) is 21.3 Å². The minimum atomic E-state index is -0.764. The van der Waals surface area contributed by atoms with Gasteiger partial charge < -0.3 is 4.74 Å². The molecule has 104 valence electrons. The van der Waals surface area contributed by atoms with E-state index in [1.165, 1.54) is 18.4 Å². The fourth-order valence-electron chi connectivity index (χ4n) is 1.68. The number of carbonyl (C=O) groups is 2. The van der Waals surface area contributed by atoms with Crippen molar-refractivity contribution in [2.24, 2.45) is 0 Å². The van der Waals surface area contributed by atoms with Gasteiger partial charge >= 0.3 is 0 Å². The van der Waals surface area contributed by atoms with Crippen molar-refractivity contribution in [2.45, 2.75) is 6.10 Å². The molecular formula is C14H14N2O3S. The Morgan fingerprint density at radius 2 is 1.85 bits per heavy atom. The van der Waals surface area contributed by atoms with E-state index in [0.29, 0.717) is 4.88 Å². The summed E-state index contributed by atoms with van der Waals surface area (Å²) < 4.78 is 5.16. The lowest BCUT2D eigenvalue weighted by molar-refractivity contribution is -0.132. The minimum absolute atomic E-state index is 0.351. The van der Waals surface area contributed by atoms with Crippen LogP contribution in [0, 0.1) is 0 Å². The third kappa shape index (κ3) is 3.43. The van der Waals surface area contributed by atoms with Gasteiger partial charge in [0.1, 0.15) is 0 Å². The van der Waals surface area contributed by atoms with Gasteiger partial charge in [-0.15, -0.1) is 11.3 Å². The van der Waals surface area contributed by atoms with Crippen LogP contribution >= 0.6 is 11.3 Å². The largest absolute Gasteiger partial charge is 0.367 e. The van der Waals surface area contributed by atoms with E-state index in [1.54, 1.807) is 29.6 Å². The zero-order valence-electron chi connectivity index (χ0n) is 10.8. The molecule has 1 atom stereocenters. The molecule has 0 saturated heterocycles. The van der Waals surface area contributed by atoms with Crippen molar-refractivity contribution in [1.29, 1.82) is 0 Å². The summed E-state index contributed by atoms with van der Waals surface area (Å²) in [5.74, 6) is -0.778. The van der Waals surface area contributed by atoms with Gasteiger partial charge in [0.05, 0.1) is 4.88 Å². The Hall–Kier alpha value is -2.18. The number of ether oxygens (including phenoxy) is 1. The Bertz CT molecular complexity index is 569. The molecule has 2 aromatic rings. The van der Waals surface area contributed by atoms with Gasteiger partial charge in [0, 0.05) is 7.11 Å². The summed E-state index contributed by atoms with van der Waals surface area (Å²) in [5.41, 5.74) is 5.44. The summed E-state index contributed by atoms with van der Waals surface area (Å²) in [4.78, 5) is 24.2. The van der Waals surface area contributed by atoms with E-state index >= 15 is 0 Å². The van der Waals surface area contributed by atoms with E-state index in [-0.39, 0.29) is 5.91 Å². The van der Waals surface area contributed by atoms with Crippen molar-refractivity contribution in [1.82, 2.24) is 10.9 Å². The molecule has 0 bridgehead atoms. The van der Waals surface area contributed by atoms with Crippen molar-refractivity contribution in [3.05, 3.63) is 58.3 Å². The Labute approximate surface area is 120 Å². The SMILES string of the molecule is CO[C@@H](C(=O)NNC(=O)c1cccs1)c1ccccc1. The van der Waals surface area contributed by atoms with Crippen LogP contribution in [-0.4, -0.2) is 18.9 Å². The highest BCUT2D eigenvalue weighted by molar-refractivity contribution is 7.12. The molecule has 5 nitrogen and oxygen atoms in total. The first-order valence-corrected chi connectivity index (χ1v) is 6.82.